The van der Waals surface area contributed by atoms with Gasteiger partial charge in [-0.25, -0.2) is 23.5 Å². The highest BCUT2D eigenvalue weighted by molar-refractivity contribution is 5.66. The summed E-state index contributed by atoms with van der Waals surface area (Å²) in [7, 11) is 1.62. The van der Waals surface area contributed by atoms with E-state index in [1.807, 2.05) is 9.36 Å². The minimum Gasteiger partial charge on any atom is -0.465 e. The van der Waals surface area contributed by atoms with Crippen molar-refractivity contribution in [3.8, 4) is 0 Å². The van der Waals surface area contributed by atoms with Crippen LogP contribution < -0.4 is 11.4 Å². The SMILES string of the molecule is CC(=O)OCC12CCC3(C(C)C)C1=C1C(CC4C(C)(CCC5C(C)(C)C(OC(C)=O)CC[C@@]54C)[C@]1(C)CC2)n1c(=O)n(C)c(=O)n13. The maximum atomic E-state index is 14.3. The van der Waals surface area contributed by atoms with Crippen molar-refractivity contribution in [1.29, 1.82) is 0 Å². The summed E-state index contributed by atoms with van der Waals surface area (Å²) in [6.45, 7) is 19.8. The first-order valence-electron chi connectivity index (χ1n) is 17.8. The Labute approximate surface area is 273 Å². The van der Waals surface area contributed by atoms with Crippen LogP contribution in [0.1, 0.15) is 126 Å². The Morgan fingerprint density at radius 3 is 2.17 bits per heavy atom. The second-order valence-electron chi connectivity index (χ2n) is 17.8. The molecule has 4 fully saturated rings. The lowest BCUT2D eigenvalue weighted by molar-refractivity contribution is -0.218. The average Bonchev–Trinajstić information content (AvgIpc) is 3.43. The van der Waals surface area contributed by atoms with E-state index in [0.717, 1.165) is 57.8 Å². The molecule has 2 heterocycles. The molecule has 7 unspecified atom stereocenters. The molecule has 46 heavy (non-hydrogen) atoms. The lowest BCUT2D eigenvalue weighted by Gasteiger charge is -2.72. The van der Waals surface area contributed by atoms with E-state index in [1.54, 1.807) is 7.05 Å². The molecule has 254 valence electrons. The molecule has 0 saturated heterocycles. The Morgan fingerprint density at radius 2 is 1.54 bits per heavy atom. The van der Waals surface area contributed by atoms with E-state index in [2.05, 4.69) is 48.5 Å². The van der Waals surface area contributed by atoms with Crippen LogP contribution in [-0.2, 0) is 31.6 Å². The van der Waals surface area contributed by atoms with Gasteiger partial charge in [-0.1, -0.05) is 48.5 Å². The van der Waals surface area contributed by atoms with E-state index in [4.69, 9.17) is 9.47 Å². The van der Waals surface area contributed by atoms with Crippen LogP contribution in [0, 0.1) is 44.8 Å². The highest BCUT2D eigenvalue weighted by Gasteiger charge is 2.73. The second kappa shape index (κ2) is 9.52. The number of ether oxygens (including phenoxy) is 2. The Kier molecular flexibility index (Phi) is 6.62. The molecule has 4 saturated carbocycles. The number of hydrogen-bond acceptors (Lipinski definition) is 6. The van der Waals surface area contributed by atoms with Gasteiger partial charge >= 0.3 is 23.3 Å². The largest absolute Gasteiger partial charge is 0.465 e. The van der Waals surface area contributed by atoms with Crippen molar-refractivity contribution in [1.82, 2.24) is 13.9 Å². The molecule has 7 rings (SSSR count). The number of esters is 2. The molecular weight excluding hydrogens is 582 g/mol. The monoisotopic (exact) mass is 637 g/mol. The zero-order chi connectivity index (χ0) is 33.6. The van der Waals surface area contributed by atoms with Crippen LogP contribution in [0.2, 0.25) is 0 Å². The first-order chi connectivity index (χ1) is 21.3. The molecule has 9 nitrogen and oxygen atoms in total. The highest BCUT2D eigenvalue weighted by atomic mass is 16.5. The fourth-order valence-electron chi connectivity index (χ4n) is 13.3. The normalized spacial score (nSPS) is 43.4. The number of aromatic nitrogens is 3. The number of hydrogen-bond donors (Lipinski definition) is 0. The lowest BCUT2D eigenvalue weighted by Crippen LogP contribution is -2.67. The van der Waals surface area contributed by atoms with Gasteiger partial charge in [0.1, 0.15) is 12.7 Å². The van der Waals surface area contributed by atoms with Crippen LogP contribution in [0.25, 0.3) is 0 Å². The molecule has 0 spiro atoms. The van der Waals surface area contributed by atoms with Gasteiger partial charge in [-0.05, 0) is 103 Å². The van der Waals surface area contributed by atoms with E-state index < -0.39 is 5.54 Å². The molecule has 0 radical (unpaired) electrons. The number of allylic oxidation sites excluding steroid dienone is 1. The third-order valence-corrected chi connectivity index (χ3v) is 15.6. The predicted molar refractivity (Wildman–Crippen MR) is 174 cm³/mol. The van der Waals surface area contributed by atoms with Gasteiger partial charge in [-0.15, -0.1) is 0 Å². The van der Waals surface area contributed by atoms with E-state index in [-0.39, 0.29) is 68.5 Å². The van der Waals surface area contributed by atoms with Crippen molar-refractivity contribution >= 4 is 11.9 Å². The summed E-state index contributed by atoms with van der Waals surface area (Å²) in [5.74, 6) is 0.252. The first kappa shape index (κ1) is 32.0. The summed E-state index contributed by atoms with van der Waals surface area (Å²) in [6.07, 6.45) is 8.09. The second-order valence-corrected chi connectivity index (χ2v) is 17.8. The number of rotatable bonds is 4. The highest BCUT2D eigenvalue weighted by Crippen LogP contribution is 2.79. The van der Waals surface area contributed by atoms with E-state index >= 15 is 0 Å². The molecule has 1 aliphatic heterocycles. The van der Waals surface area contributed by atoms with Gasteiger partial charge in [0.05, 0.1) is 11.6 Å². The van der Waals surface area contributed by atoms with Crippen LogP contribution in [0.4, 0.5) is 0 Å². The Morgan fingerprint density at radius 1 is 0.870 bits per heavy atom. The molecule has 0 amide bonds. The van der Waals surface area contributed by atoms with E-state index in [0.29, 0.717) is 18.4 Å². The molecule has 9 heteroatoms. The molecule has 0 N–H and O–H groups in total. The van der Waals surface area contributed by atoms with Crippen LogP contribution in [-0.4, -0.2) is 38.6 Å². The molecular formula is C37H55N3O6. The van der Waals surface area contributed by atoms with Gasteiger partial charge < -0.3 is 9.47 Å². The lowest BCUT2D eigenvalue weighted by atomic mass is 9.33. The fourth-order valence-corrected chi connectivity index (χ4v) is 13.3. The fraction of sp³-hybridized carbons (Fsp3) is 0.838. The predicted octanol–water partition coefficient (Wildman–Crippen LogP) is 5.89. The Bertz CT molecular complexity index is 1680. The smallest absolute Gasteiger partial charge is 0.347 e. The van der Waals surface area contributed by atoms with Crippen LogP contribution in [0.15, 0.2) is 20.7 Å². The van der Waals surface area contributed by atoms with Crippen LogP contribution in [0.5, 0.6) is 0 Å². The molecule has 5 aliphatic carbocycles. The van der Waals surface area contributed by atoms with Crippen molar-refractivity contribution in [3.63, 3.8) is 0 Å². The molecule has 0 bridgehead atoms. The maximum Gasteiger partial charge on any atom is 0.347 e. The van der Waals surface area contributed by atoms with E-state index in [9.17, 15) is 19.2 Å². The van der Waals surface area contributed by atoms with Gasteiger partial charge in [0.15, 0.2) is 0 Å². The van der Waals surface area contributed by atoms with Gasteiger partial charge in [0, 0.05) is 31.7 Å². The molecule has 6 aliphatic rings. The third-order valence-electron chi connectivity index (χ3n) is 15.6. The van der Waals surface area contributed by atoms with Crippen molar-refractivity contribution in [2.24, 2.45) is 51.9 Å². The minimum atomic E-state index is -0.639. The maximum absolute atomic E-state index is 14.3. The van der Waals surface area contributed by atoms with Crippen molar-refractivity contribution in [2.75, 3.05) is 6.61 Å². The summed E-state index contributed by atoms with van der Waals surface area (Å²) < 4.78 is 16.9. The summed E-state index contributed by atoms with van der Waals surface area (Å²) in [6, 6.07) is -0.230. The van der Waals surface area contributed by atoms with Crippen LogP contribution in [0.3, 0.4) is 0 Å². The summed E-state index contributed by atoms with van der Waals surface area (Å²) in [5, 5.41) is 0. The molecule has 9 atom stereocenters. The van der Waals surface area contributed by atoms with Crippen LogP contribution >= 0.6 is 0 Å². The number of fused-ring (bicyclic) bond motifs is 7. The average molecular weight is 638 g/mol. The summed E-state index contributed by atoms with van der Waals surface area (Å²) >= 11 is 0. The van der Waals surface area contributed by atoms with Gasteiger partial charge in [0.25, 0.3) is 0 Å². The first-order valence-corrected chi connectivity index (χ1v) is 17.8. The number of nitrogens with zero attached hydrogens (tertiary/aromatic N) is 3. The zero-order valence-electron chi connectivity index (χ0n) is 29.7. The van der Waals surface area contributed by atoms with Crippen molar-refractivity contribution in [3.05, 3.63) is 32.1 Å². The Hall–Kier alpha value is -2.58. The quantitative estimate of drug-likeness (QED) is 0.302. The third kappa shape index (κ3) is 3.53. The number of carbonyl (C=O) groups is 2. The van der Waals surface area contributed by atoms with E-state index in [1.165, 1.54) is 29.6 Å². The van der Waals surface area contributed by atoms with Gasteiger partial charge in [-0.3, -0.25) is 9.59 Å². The van der Waals surface area contributed by atoms with Gasteiger partial charge in [0.2, 0.25) is 0 Å². The zero-order valence-corrected chi connectivity index (χ0v) is 29.7. The van der Waals surface area contributed by atoms with Crippen molar-refractivity contribution < 1.29 is 19.1 Å². The molecule has 1 aromatic rings. The minimum absolute atomic E-state index is 0.0234. The summed E-state index contributed by atoms with van der Waals surface area (Å²) in [5.41, 5.74) is 0.812. The molecule has 1 aromatic heterocycles. The van der Waals surface area contributed by atoms with Crippen molar-refractivity contribution in [2.45, 2.75) is 138 Å². The number of carbonyl (C=O) groups excluding carboxylic acids is 2. The van der Waals surface area contributed by atoms with Gasteiger partial charge in [-0.2, -0.15) is 0 Å². The molecule has 0 aromatic carbocycles. The topological polar surface area (TPSA) is 102 Å². The standard InChI is InChI=1S/C37H55N3O6/c1-21(2)37-18-17-36(20-45-22(3)41)16-15-35(9)28(29(36)37)24(39-30(43)38(10)31(44)40(37)39)19-26-33(7)13-12-27(46-23(4)42)32(5,6)25(33)11-14-34(26,35)8/h21,24-27H,11-20H2,1-10H3/t24?,25?,26?,27?,33-,34?,35+,36?,37?/m0/s1. The summed E-state index contributed by atoms with van der Waals surface area (Å²) in [4.78, 5) is 52.9. The Balaban J connectivity index is 1.48.